The Morgan fingerprint density at radius 3 is 2.58 bits per heavy atom. The number of rotatable bonds is 9. The Balaban J connectivity index is 0.00000253. The number of halogens is 1. The van der Waals surface area contributed by atoms with Gasteiger partial charge in [0.1, 0.15) is 17.3 Å². The number of carbonyl (C=O) groups is 1. The van der Waals surface area contributed by atoms with Crippen LogP contribution in [-0.4, -0.2) is 18.0 Å². The van der Waals surface area contributed by atoms with Crippen molar-refractivity contribution in [2.24, 2.45) is 5.11 Å². The van der Waals surface area contributed by atoms with E-state index in [1.807, 2.05) is 24.3 Å². The molecular weight excluding hydrogens is 461 g/mol. The van der Waals surface area contributed by atoms with Crippen molar-refractivity contribution in [3.63, 3.8) is 0 Å². The molecule has 0 unspecified atom stereocenters. The quantitative estimate of drug-likeness (QED) is 0.229. The number of methoxy groups -OCH3 is 1. The molecule has 0 saturated heterocycles. The van der Waals surface area contributed by atoms with Crippen LogP contribution in [0.2, 0.25) is 0 Å². The van der Waals surface area contributed by atoms with Gasteiger partial charge in [-0.3, -0.25) is 4.79 Å². The second-order valence-electron chi connectivity index (χ2n) is 7.89. The fraction of sp³-hybridized carbons (Fsp3) is 0.111. The van der Waals surface area contributed by atoms with Crippen LogP contribution in [-0.2, 0) is 18.0 Å². The van der Waals surface area contributed by atoms with Gasteiger partial charge in [-0.15, -0.1) is 0 Å². The van der Waals surface area contributed by atoms with Crippen LogP contribution in [0.15, 0.2) is 84.0 Å². The van der Waals surface area contributed by atoms with Crippen LogP contribution in [0.4, 0.5) is 21.6 Å². The van der Waals surface area contributed by atoms with Crippen molar-refractivity contribution in [2.45, 2.75) is 13.2 Å². The van der Waals surface area contributed by atoms with Crippen molar-refractivity contribution >= 4 is 23.1 Å². The Labute approximate surface area is 210 Å². The summed E-state index contributed by atoms with van der Waals surface area (Å²) in [7, 11) is 1.60. The van der Waals surface area contributed by atoms with Crippen molar-refractivity contribution in [1.82, 2.24) is 4.98 Å². The molecule has 0 bridgehead atoms. The molecule has 1 amide bonds. The van der Waals surface area contributed by atoms with Crippen molar-refractivity contribution in [3.05, 3.63) is 101 Å². The zero-order valence-electron chi connectivity index (χ0n) is 19.5. The number of benzene rings is 3. The number of nitrogens with two attached hydrogens (primary N) is 1. The number of nitrogen functional groups attached to an aromatic ring is 1. The number of anilines is 2. The van der Waals surface area contributed by atoms with Crippen LogP contribution in [0.3, 0.4) is 0 Å². The maximum atomic E-state index is 14.6. The first-order valence-corrected chi connectivity index (χ1v) is 11.0. The molecule has 36 heavy (non-hydrogen) atoms. The van der Waals surface area contributed by atoms with Crippen LogP contribution in [0.5, 0.6) is 5.75 Å². The maximum Gasteiger partial charge on any atom is 0.255 e. The number of hydrogen-bond acceptors (Lipinski definition) is 7. The molecule has 3 aromatic carbocycles. The van der Waals surface area contributed by atoms with E-state index in [9.17, 15) is 9.18 Å². The molecule has 0 aliphatic carbocycles. The molecule has 1 heterocycles. The molecule has 0 saturated carbocycles. The van der Waals surface area contributed by atoms with Gasteiger partial charge in [-0.1, -0.05) is 30.3 Å². The van der Waals surface area contributed by atoms with Gasteiger partial charge < -0.3 is 20.5 Å². The highest BCUT2D eigenvalue weighted by atomic mass is 19.1. The monoisotopic (exact) mass is 489 g/mol. The molecule has 9 heteroatoms. The van der Waals surface area contributed by atoms with Crippen molar-refractivity contribution in [3.8, 4) is 17.0 Å². The van der Waals surface area contributed by atoms with Crippen LogP contribution in [0, 0.1) is 11.3 Å². The lowest BCUT2D eigenvalue weighted by Crippen LogP contribution is -2.12. The molecule has 0 aliphatic heterocycles. The number of hydrogen-bond donors (Lipinski definition) is 3. The van der Waals surface area contributed by atoms with Gasteiger partial charge in [0.2, 0.25) is 0 Å². The first-order valence-electron chi connectivity index (χ1n) is 11.0. The number of nitrogens with one attached hydrogen (secondary N) is 2. The average molecular weight is 490 g/mol. The number of pyridine rings is 1. The lowest BCUT2D eigenvalue weighted by Gasteiger charge is -2.10. The standard InChI is InChI=1S/C27H24FN5O3.2H2/c1-35-22-9-5-17(6-10-22)15-36-16-20-7-8-21(14-23(20)28)31-27(34)19-4-2-3-18(13-19)24-11-12-25(33-30)26(29)32-24;;/h2-14,30H,15-16H2,1H3,(H2,29,32)(H,31,34);2*1H. The van der Waals surface area contributed by atoms with E-state index in [1.54, 1.807) is 55.6 Å². The summed E-state index contributed by atoms with van der Waals surface area (Å²) in [4.78, 5) is 17.0. The van der Waals surface area contributed by atoms with Crippen molar-refractivity contribution in [1.29, 1.82) is 5.53 Å². The topological polar surface area (TPSA) is 123 Å². The van der Waals surface area contributed by atoms with Gasteiger partial charge in [0.15, 0.2) is 5.82 Å². The minimum Gasteiger partial charge on any atom is -0.497 e. The SMILES string of the molecule is COc1ccc(COCc2ccc(NC(=O)c3cccc(-c4ccc(N=N)c(N)n4)c3)cc2F)cc1.[HH].[HH]. The van der Waals surface area contributed by atoms with E-state index >= 15 is 0 Å². The molecule has 1 aromatic heterocycles. The molecule has 0 atom stereocenters. The Morgan fingerprint density at radius 2 is 1.89 bits per heavy atom. The molecule has 4 aromatic rings. The molecule has 0 radical (unpaired) electrons. The molecule has 0 aliphatic rings. The van der Waals surface area contributed by atoms with E-state index in [2.05, 4.69) is 15.4 Å². The van der Waals surface area contributed by atoms with Gasteiger partial charge in [0, 0.05) is 25.2 Å². The Kier molecular flexibility index (Phi) is 7.62. The number of carbonyl (C=O) groups excluding carboxylic acids is 1. The molecule has 4 N–H and O–H groups in total. The van der Waals surface area contributed by atoms with E-state index < -0.39 is 11.7 Å². The van der Waals surface area contributed by atoms with Gasteiger partial charge >= 0.3 is 0 Å². The van der Waals surface area contributed by atoms with Crippen LogP contribution >= 0.6 is 0 Å². The third-order valence-corrected chi connectivity index (χ3v) is 5.44. The maximum absolute atomic E-state index is 14.6. The fourth-order valence-corrected chi connectivity index (χ4v) is 3.49. The number of nitrogens with zero attached hydrogens (tertiary/aromatic N) is 2. The lowest BCUT2D eigenvalue weighted by molar-refractivity contribution is 0.102. The number of ether oxygens (including phenoxy) is 2. The average Bonchev–Trinajstić information content (AvgIpc) is 2.90. The largest absolute Gasteiger partial charge is 0.497 e. The van der Waals surface area contributed by atoms with Crippen molar-refractivity contribution in [2.75, 3.05) is 18.2 Å². The highest BCUT2D eigenvalue weighted by Gasteiger charge is 2.11. The Hall–Kier alpha value is -4.63. The van der Waals surface area contributed by atoms with E-state index in [-0.39, 0.29) is 21.0 Å². The second kappa shape index (κ2) is 11.2. The highest BCUT2D eigenvalue weighted by molar-refractivity contribution is 6.04. The normalized spacial score (nSPS) is 10.6. The Morgan fingerprint density at radius 1 is 1.08 bits per heavy atom. The van der Waals surface area contributed by atoms with Gasteiger partial charge in [0.25, 0.3) is 5.91 Å². The third-order valence-electron chi connectivity index (χ3n) is 5.44. The molecule has 0 spiro atoms. The van der Waals surface area contributed by atoms with Gasteiger partial charge in [-0.05, 0) is 54.1 Å². The highest BCUT2D eigenvalue weighted by Crippen LogP contribution is 2.26. The van der Waals surface area contributed by atoms with E-state index in [4.69, 9.17) is 20.7 Å². The van der Waals surface area contributed by atoms with Gasteiger partial charge in [-0.2, -0.15) is 5.11 Å². The third kappa shape index (κ3) is 5.89. The smallest absolute Gasteiger partial charge is 0.255 e. The van der Waals surface area contributed by atoms with E-state index in [1.165, 1.54) is 6.07 Å². The zero-order valence-corrected chi connectivity index (χ0v) is 19.5. The first-order chi connectivity index (χ1) is 17.5. The molecule has 4 rings (SSSR count). The zero-order chi connectivity index (χ0) is 25.5. The van der Waals surface area contributed by atoms with Gasteiger partial charge in [0.05, 0.1) is 26.0 Å². The summed E-state index contributed by atoms with van der Waals surface area (Å²) in [6.45, 7) is 0.427. The predicted octanol–water partition coefficient (Wildman–Crippen LogP) is 6.60. The summed E-state index contributed by atoms with van der Waals surface area (Å²) < 4.78 is 25.4. The van der Waals surface area contributed by atoms with E-state index in [0.29, 0.717) is 34.7 Å². The molecule has 186 valence electrons. The summed E-state index contributed by atoms with van der Waals surface area (Å²) in [6, 6.07) is 22.0. The van der Waals surface area contributed by atoms with E-state index in [0.717, 1.165) is 11.3 Å². The lowest BCUT2D eigenvalue weighted by atomic mass is 10.1. The minimum absolute atomic E-state index is 0. The van der Waals surface area contributed by atoms with Crippen LogP contribution < -0.4 is 15.8 Å². The van der Waals surface area contributed by atoms with Crippen LogP contribution in [0.25, 0.3) is 11.3 Å². The number of amides is 1. The molecule has 8 nitrogen and oxygen atoms in total. The molecular formula is C27H28FN5O3. The minimum atomic E-state index is -0.476. The van der Waals surface area contributed by atoms with Crippen LogP contribution in [0.1, 0.15) is 24.3 Å². The summed E-state index contributed by atoms with van der Waals surface area (Å²) in [5, 5.41) is 6.01. The van der Waals surface area contributed by atoms with Gasteiger partial charge in [-0.25, -0.2) is 14.9 Å². The molecule has 0 fully saturated rings. The fourth-order valence-electron chi connectivity index (χ4n) is 3.49. The second-order valence-corrected chi connectivity index (χ2v) is 7.89. The Bertz CT molecular complexity index is 1400. The summed E-state index contributed by atoms with van der Waals surface area (Å²) >= 11 is 0. The predicted molar refractivity (Wildman–Crippen MR) is 139 cm³/mol. The van der Waals surface area contributed by atoms with Crippen molar-refractivity contribution < 1.29 is 21.5 Å². The summed E-state index contributed by atoms with van der Waals surface area (Å²) in [5.74, 6) is 0.00745. The summed E-state index contributed by atoms with van der Waals surface area (Å²) in [5.41, 5.74) is 16.4. The first kappa shape index (κ1) is 24.5. The summed E-state index contributed by atoms with van der Waals surface area (Å²) in [6.07, 6.45) is 0. The number of aromatic nitrogens is 1.